The van der Waals surface area contributed by atoms with Crippen LogP contribution in [-0.4, -0.2) is 27.5 Å². The highest BCUT2D eigenvalue weighted by atomic mass is 19.3. The van der Waals surface area contributed by atoms with Crippen LogP contribution >= 0.6 is 0 Å². The number of aromatic carboxylic acids is 1. The van der Waals surface area contributed by atoms with Gasteiger partial charge in [0.05, 0.1) is 11.3 Å². The molecule has 6 heteroatoms. The van der Waals surface area contributed by atoms with E-state index in [1.54, 1.807) is 24.3 Å². The molecule has 0 atom stereocenters. The Labute approximate surface area is 138 Å². The maximum atomic E-state index is 13.4. The Hall–Kier alpha value is -2.34. The molecule has 3 rings (SSSR count). The number of carboxylic acid groups (broad SMARTS) is 1. The third kappa shape index (κ3) is 3.43. The van der Waals surface area contributed by atoms with Gasteiger partial charge in [-0.3, -0.25) is 9.88 Å². The van der Waals surface area contributed by atoms with Crippen molar-refractivity contribution in [2.24, 2.45) is 0 Å². The van der Waals surface area contributed by atoms with Gasteiger partial charge in [-0.25, -0.2) is 4.79 Å². The summed E-state index contributed by atoms with van der Waals surface area (Å²) < 4.78 is 26.8. The molecular weight excluding hydrogens is 314 g/mol. The van der Waals surface area contributed by atoms with Crippen LogP contribution in [0.2, 0.25) is 0 Å². The fraction of sp³-hybridized carbons (Fsp3) is 0.333. The summed E-state index contributed by atoms with van der Waals surface area (Å²) in [6.07, 6.45) is 0.736. The number of carboxylic acids is 1. The number of aromatic nitrogens is 1. The van der Waals surface area contributed by atoms with E-state index in [0.717, 1.165) is 31.0 Å². The first kappa shape index (κ1) is 16.5. The van der Waals surface area contributed by atoms with Gasteiger partial charge in [0.15, 0.2) is 0 Å². The van der Waals surface area contributed by atoms with Crippen LogP contribution in [0.25, 0.3) is 0 Å². The topological polar surface area (TPSA) is 53.4 Å². The highest BCUT2D eigenvalue weighted by Crippen LogP contribution is 2.26. The lowest BCUT2D eigenvalue weighted by Crippen LogP contribution is -2.31. The van der Waals surface area contributed by atoms with E-state index in [9.17, 15) is 18.7 Å². The molecule has 1 aliphatic heterocycles. The van der Waals surface area contributed by atoms with Gasteiger partial charge in [-0.05, 0) is 35.7 Å². The minimum Gasteiger partial charge on any atom is -0.478 e. The molecule has 0 saturated carbocycles. The molecule has 0 unspecified atom stereocenters. The Morgan fingerprint density at radius 1 is 1.29 bits per heavy atom. The molecule has 0 fully saturated rings. The van der Waals surface area contributed by atoms with Gasteiger partial charge in [0.2, 0.25) is 0 Å². The standard InChI is InChI=1S/C18H18F2N2O2/c1-18(19,20)16-7-3-5-13(21-16)10-22-9-8-12-4-2-6-14(17(23)24)15(12)11-22/h2-7H,8-11H2,1H3,(H,23,24). The Morgan fingerprint density at radius 2 is 2.04 bits per heavy atom. The van der Waals surface area contributed by atoms with Crippen LogP contribution in [0, 0.1) is 0 Å². The van der Waals surface area contributed by atoms with Crippen LogP contribution in [0.1, 0.15) is 39.8 Å². The average Bonchev–Trinajstić information content (AvgIpc) is 2.53. The third-order valence-corrected chi connectivity index (χ3v) is 4.22. The first-order chi connectivity index (χ1) is 11.3. The lowest BCUT2D eigenvalue weighted by molar-refractivity contribution is 0.0124. The van der Waals surface area contributed by atoms with Crippen molar-refractivity contribution in [1.82, 2.24) is 9.88 Å². The quantitative estimate of drug-likeness (QED) is 0.932. The zero-order valence-corrected chi connectivity index (χ0v) is 13.3. The van der Waals surface area contributed by atoms with E-state index in [2.05, 4.69) is 4.98 Å². The molecule has 0 bridgehead atoms. The number of fused-ring (bicyclic) bond motifs is 1. The number of carbonyl (C=O) groups is 1. The largest absolute Gasteiger partial charge is 0.478 e. The van der Waals surface area contributed by atoms with Crippen molar-refractivity contribution < 1.29 is 18.7 Å². The van der Waals surface area contributed by atoms with Gasteiger partial charge in [-0.1, -0.05) is 18.2 Å². The van der Waals surface area contributed by atoms with Gasteiger partial charge in [-0.2, -0.15) is 8.78 Å². The summed E-state index contributed by atoms with van der Waals surface area (Å²) in [4.78, 5) is 17.5. The monoisotopic (exact) mass is 332 g/mol. The summed E-state index contributed by atoms with van der Waals surface area (Å²) in [7, 11) is 0. The number of halogens is 2. The van der Waals surface area contributed by atoms with Crippen LogP contribution in [-0.2, 0) is 25.4 Å². The summed E-state index contributed by atoms with van der Waals surface area (Å²) >= 11 is 0. The summed E-state index contributed by atoms with van der Waals surface area (Å²) in [6, 6.07) is 9.91. The van der Waals surface area contributed by atoms with Crippen molar-refractivity contribution in [3.8, 4) is 0 Å². The van der Waals surface area contributed by atoms with E-state index in [1.165, 1.54) is 6.07 Å². The number of alkyl halides is 2. The maximum absolute atomic E-state index is 13.4. The minimum absolute atomic E-state index is 0.247. The summed E-state index contributed by atoms with van der Waals surface area (Å²) in [6.45, 7) is 2.46. The Bertz CT molecular complexity index is 772. The predicted octanol–water partition coefficient (Wildman–Crippen LogP) is 3.45. The van der Waals surface area contributed by atoms with E-state index in [-0.39, 0.29) is 5.69 Å². The van der Waals surface area contributed by atoms with Crippen molar-refractivity contribution in [3.63, 3.8) is 0 Å². The molecule has 1 N–H and O–H groups in total. The number of pyridine rings is 1. The number of hydrogen-bond acceptors (Lipinski definition) is 3. The Morgan fingerprint density at radius 3 is 2.75 bits per heavy atom. The Balaban J connectivity index is 1.81. The molecule has 4 nitrogen and oxygen atoms in total. The molecule has 0 amide bonds. The fourth-order valence-electron chi connectivity index (χ4n) is 3.01. The van der Waals surface area contributed by atoms with Crippen molar-refractivity contribution in [1.29, 1.82) is 0 Å². The van der Waals surface area contributed by atoms with Gasteiger partial charge >= 0.3 is 5.97 Å². The second kappa shape index (κ2) is 6.28. The SMILES string of the molecule is CC(F)(F)c1cccc(CN2CCc3cccc(C(=O)O)c3C2)n1. The molecule has 0 radical (unpaired) electrons. The average molecular weight is 332 g/mol. The maximum Gasteiger partial charge on any atom is 0.336 e. The molecule has 24 heavy (non-hydrogen) atoms. The van der Waals surface area contributed by atoms with Crippen molar-refractivity contribution >= 4 is 5.97 Å². The second-order valence-electron chi connectivity index (χ2n) is 6.11. The van der Waals surface area contributed by atoms with Gasteiger partial charge < -0.3 is 5.11 Å². The molecule has 126 valence electrons. The van der Waals surface area contributed by atoms with Crippen LogP contribution < -0.4 is 0 Å². The molecule has 1 aliphatic rings. The fourth-order valence-corrected chi connectivity index (χ4v) is 3.01. The van der Waals surface area contributed by atoms with E-state index in [4.69, 9.17) is 0 Å². The van der Waals surface area contributed by atoms with Crippen molar-refractivity contribution in [2.45, 2.75) is 32.4 Å². The van der Waals surface area contributed by atoms with Crippen LogP contribution in [0.4, 0.5) is 8.78 Å². The minimum atomic E-state index is -2.97. The number of hydrogen-bond donors (Lipinski definition) is 1. The molecule has 0 aliphatic carbocycles. The number of rotatable bonds is 4. The predicted molar refractivity (Wildman–Crippen MR) is 85.0 cm³/mol. The second-order valence-corrected chi connectivity index (χ2v) is 6.11. The van der Waals surface area contributed by atoms with Gasteiger partial charge in [-0.15, -0.1) is 0 Å². The zero-order valence-electron chi connectivity index (χ0n) is 13.3. The van der Waals surface area contributed by atoms with Gasteiger partial charge in [0.1, 0.15) is 5.69 Å². The molecule has 0 saturated heterocycles. The molecule has 2 heterocycles. The van der Waals surface area contributed by atoms with Gasteiger partial charge in [0.25, 0.3) is 5.92 Å². The van der Waals surface area contributed by atoms with E-state index in [0.29, 0.717) is 24.3 Å². The highest BCUT2D eigenvalue weighted by molar-refractivity contribution is 5.89. The van der Waals surface area contributed by atoms with Crippen LogP contribution in [0.5, 0.6) is 0 Å². The first-order valence-corrected chi connectivity index (χ1v) is 7.75. The first-order valence-electron chi connectivity index (χ1n) is 7.75. The molecule has 1 aromatic heterocycles. The number of benzene rings is 1. The summed E-state index contributed by atoms with van der Waals surface area (Å²) in [5.41, 5.74) is 2.45. The lowest BCUT2D eigenvalue weighted by atomic mass is 9.95. The zero-order chi connectivity index (χ0) is 17.3. The third-order valence-electron chi connectivity index (χ3n) is 4.22. The molecular formula is C18H18F2N2O2. The normalized spacial score (nSPS) is 15.1. The molecule has 0 spiro atoms. The van der Waals surface area contributed by atoms with E-state index < -0.39 is 11.9 Å². The molecule has 1 aromatic carbocycles. The van der Waals surface area contributed by atoms with Crippen molar-refractivity contribution in [3.05, 3.63) is 64.5 Å². The molecule has 2 aromatic rings. The summed E-state index contributed by atoms with van der Waals surface area (Å²) in [5.74, 6) is -3.92. The van der Waals surface area contributed by atoms with Crippen molar-refractivity contribution in [2.75, 3.05) is 6.54 Å². The summed E-state index contributed by atoms with van der Waals surface area (Å²) in [5, 5.41) is 9.33. The van der Waals surface area contributed by atoms with Crippen LogP contribution in [0.15, 0.2) is 36.4 Å². The van der Waals surface area contributed by atoms with E-state index in [1.807, 2.05) is 11.0 Å². The van der Waals surface area contributed by atoms with Crippen LogP contribution in [0.3, 0.4) is 0 Å². The Kier molecular flexibility index (Phi) is 4.32. The number of nitrogens with zero attached hydrogens (tertiary/aromatic N) is 2. The van der Waals surface area contributed by atoms with E-state index >= 15 is 0 Å². The van der Waals surface area contributed by atoms with Gasteiger partial charge in [0, 0.05) is 26.6 Å². The highest BCUT2D eigenvalue weighted by Gasteiger charge is 2.27. The smallest absolute Gasteiger partial charge is 0.336 e. The lowest BCUT2D eigenvalue weighted by Gasteiger charge is -2.29.